The maximum Gasteiger partial charge on any atom is 0.258 e. The van der Waals surface area contributed by atoms with E-state index in [1.54, 1.807) is 36.4 Å². The number of benzene rings is 2. The molecule has 6 nitrogen and oxygen atoms in total. The molecule has 0 fully saturated rings. The molecule has 0 aliphatic heterocycles. The van der Waals surface area contributed by atoms with Crippen LogP contribution in [0.1, 0.15) is 5.56 Å². The Morgan fingerprint density at radius 2 is 1.73 bits per heavy atom. The normalized spacial score (nSPS) is 11.0. The van der Waals surface area contributed by atoms with Crippen LogP contribution in [0.15, 0.2) is 48.5 Å². The van der Waals surface area contributed by atoms with Gasteiger partial charge in [0.15, 0.2) is 6.61 Å². The van der Waals surface area contributed by atoms with Gasteiger partial charge in [0.1, 0.15) is 5.75 Å². The lowest BCUT2D eigenvalue weighted by atomic mass is 10.2. The highest BCUT2D eigenvalue weighted by Crippen LogP contribution is 2.19. The largest absolute Gasteiger partial charge is 0.484 e. The van der Waals surface area contributed by atoms with Crippen LogP contribution in [0, 0.1) is 6.92 Å². The zero-order valence-corrected chi connectivity index (χ0v) is 16.2. The van der Waals surface area contributed by atoms with Crippen LogP contribution >= 0.6 is 11.6 Å². The molecule has 0 atom stereocenters. The van der Waals surface area contributed by atoms with Crippen molar-refractivity contribution < 1.29 is 17.9 Å². The van der Waals surface area contributed by atoms with Gasteiger partial charge in [0.05, 0.1) is 18.5 Å². The van der Waals surface area contributed by atoms with Gasteiger partial charge in [-0.3, -0.25) is 9.10 Å². The molecule has 0 saturated heterocycles. The number of aryl methyl sites for hydroxylation is 1. The third-order valence-corrected chi connectivity index (χ3v) is 4.99. The summed E-state index contributed by atoms with van der Waals surface area (Å²) in [6.07, 6.45) is 1.12. The third-order valence-electron chi connectivity index (χ3n) is 3.54. The van der Waals surface area contributed by atoms with E-state index in [1.807, 2.05) is 19.1 Å². The molecule has 0 aromatic heterocycles. The molecule has 1 amide bonds. The quantitative estimate of drug-likeness (QED) is 0.744. The number of nitrogens with zero attached hydrogens (tertiary/aromatic N) is 1. The lowest BCUT2D eigenvalue weighted by Crippen LogP contribution is -2.39. The highest BCUT2D eigenvalue weighted by atomic mass is 35.5. The Hall–Kier alpha value is -2.25. The Labute approximate surface area is 158 Å². The van der Waals surface area contributed by atoms with Gasteiger partial charge >= 0.3 is 0 Å². The van der Waals surface area contributed by atoms with Gasteiger partial charge in [0, 0.05) is 11.6 Å². The van der Waals surface area contributed by atoms with E-state index in [0.717, 1.165) is 11.8 Å². The monoisotopic (exact) mass is 396 g/mol. The van der Waals surface area contributed by atoms with Crippen molar-refractivity contribution in [1.82, 2.24) is 5.32 Å². The molecule has 1 N–H and O–H groups in total. The Morgan fingerprint density at radius 1 is 1.12 bits per heavy atom. The second-order valence-electron chi connectivity index (χ2n) is 5.76. The second kappa shape index (κ2) is 8.91. The van der Waals surface area contributed by atoms with Crippen molar-refractivity contribution in [3.8, 4) is 5.75 Å². The number of ether oxygens (including phenoxy) is 1. The Balaban J connectivity index is 1.85. The van der Waals surface area contributed by atoms with E-state index in [-0.39, 0.29) is 25.6 Å². The molecular formula is C18H21ClN2O4S. The van der Waals surface area contributed by atoms with Gasteiger partial charge < -0.3 is 10.1 Å². The van der Waals surface area contributed by atoms with E-state index in [4.69, 9.17) is 16.3 Å². The smallest absolute Gasteiger partial charge is 0.258 e. The molecule has 26 heavy (non-hydrogen) atoms. The molecule has 140 valence electrons. The standard InChI is InChI=1S/C18H21ClN2O4S/c1-14-3-9-17(10-4-14)25-13-18(22)20-11-12-21(26(2,23)24)16-7-5-15(19)6-8-16/h3-10H,11-13H2,1-2H3,(H,20,22). The molecule has 0 spiro atoms. The fourth-order valence-corrected chi connectivity index (χ4v) is 3.28. The Morgan fingerprint density at radius 3 is 2.31 bits per heavy atom. The first-order valence-corrected chi connectivity index (χ1v) is 10.2. The number of rotatable bonds is 8. The third kappa shape index (κ3) is 6.24. The first-order chi connectivity index (χ1) is 12.3. The molecule has 8 heteroatoms. The van der Waals surface area contributed by atoms with Gasteiger partial charge in [-0.2, -0.15) is 0 Å². The molecule has 0 heterocycles. The van der Waals surface area contributed by atoms with E-state index in [2.05, 4.69) is 5.32 Å². The van der Waals surface area contributed by atoms with Crippen LogP contribution in [0.4, 0.5) is 5.69 Å². The molecule has 2 rings (SSSR count). The predicted molar refractivity (Wildman–Crippen MR) is 103 cm³/mol. The maximum absolute atomic E-state index is 12.0. The van der Waals surface area contributed by atoms with Crippen LogP contribution in [-0.2, 0) is 14.8 Å². The van der Waals surface area contributed by atoms with Crippen molar-refractivity contribution in [3.05, 3.63) is 59.1 Å². The molecule has 2 aromatic carbocycles. The van der Waals surface area contributed by atoms with Crippen molar-refractivity contribution in [3.63, 3.8) is 0 Å². The number of amides is 1. The van der Waals surface area contributed by atoms with E-state index in [9.17, 15) is 13.2 Å². The summed E-state index contributed by atoms with van der Waals surface area (Å²) in [5.74, 6) is 0.278. The van der Waals surface area contributed by atoms with E-state index < -0.39 is 10.0 Å². The molecule has 2 aromatic rings. The van der Waals surface area contributed by atoms with Crippen molar-refractivity contribution in [2.75, 3.05) is 30.3 Å². The number of nitrogens with one attached hydrogen (secondary N) is 1. The molecule has 0 bridgehead atoms. The highest BCUT2D eigenvalue weighted by molar-refractivity contribution is 7.92. The number of carbonyl (C=O) groups is 1. The van der Waals surface area contributed by atoms with Crippen LogP contribution in [0.3, 0.4) is 0 Å². The van der Waals surface area contributed by atoms with Gasteiger partial charge in [0.25, 0.3) is 5.91 Å². The summed E-state index contributed by atoms with van der Waals surface area (Å²) >= 11 is 5.83. The summed E-state index contributed by atoms with van der Waals surface area (Å²) < 4.78 is 30.6. The Kier molecular flexibility index (Phi) is 6.88. The first-order valence-electron chi connectivity index (χ1n) is 7.95. The molecule has 0 aliphatic carbocycles. The molecule has 0 aliphatic rings. The fraction of sp³-hybridized carbons (Fsp3) is 0.278. The van der Waals surface area contributed by atoms with E-state index in [1.165, 1.54) is 4.31 Å². The van der Waals surface area contributed by atoms with Gasteiger partial charge in [-0.05, 0) is 43.3 Å². The zero-order chi connectivity index (χ0) is 19.2. The summed E-state index contributed by atoms with van der Waals surface area (Å²) in [5, 5.41) is 3.17. The topological polar surface area (TPSA) is 75.7 Å². The van der Waals surface area contributed by atoms with Gasteiger partial charge in [-0.25, -0.2) is 8.42 Å². The number of anilines is 1. The number of sulfonamides is 1. The van der Waals surface area contributed by atoms with Gasteiger partial charge in [-0.1, -0.05) is 29.3 Å². The highest BCUT2D eigenvalue weighted by Gasteiger charge is 2.17. The number of hydrogen-bond donors (Lipinski definition) is 1. The summed E-state index contributed by atoms with van der Waals surface area (Å²) in [5.41, 5.74) is 1.59. The van der Waals surface area contributed by atoms with Crippen LogP contribution < -0.4 is 14.4 Å². The van der Waals surface area contributed by atoms with Crippen LogP contribution in [0.2, 0.25) is 5.02 Å². The summed E-state index contributed by atoms with van der Waals surface area (Å²) in [6.45, 7) is 2.09. The average Bonchev–Trinajstić information content (AvgIpc) is 2.58. The number of carbonyl (C=O) groups excluding carboxylic acids is 1. The lowest BCUT2D eigenvalue weighted by Gasteiger charge is -2.22. The van der Waals surface area contributed by atoms with E-state index >= 15 is 0 Å². The van der Waals surface area contributed by atoms with Gasteiger partial charge in [0.2, 0.25) is 10.0 Å². The SMILES string of the molecule is Cc1ccc(OCC(=O)NCCN(c2ccc(Cl)cc2)S(C)(=O)=O)cc1. The van der Waals surface area contributed by atoms with Crippen LogP contribution in [0.25, 0.3) is 0 Å². The minimum Gasteiger partial charge on any atom is -0.484 e. The van der Waals surface area contributed by atoms with Crippen molar-refractivity contribution in [1.29, 1.82) is 0 Å². The zero-order valence-electron chi connectivity index (χ0n) is 14.6. The molecule has 0 unspecified atom stereocenters. The number of halogens is 1. The van der Waals surface area contributed by atoms with Crippen LogP contribution in [-0.4, -0.2) is 40.3 Å². The molecule has 0 radical (unpaired) electrons. The second-order valence-corrected chi connectivity index (χ2v) is 8.11. The minimum atomic E-state index is -3.48. The summed E-state index contributed by atoms with van der Waals surface area (Å²) in [7, 11) is -3.48. The van der Waals surface area contributed by atoms with Gasteiger partial charge in [-0.15, -0.1) is 0 Å². The molecular weight excluding hydrogens is 376 g/mol. The van der Waals surface area contributed by atoms with Crippen molar-refractivity contribution >= 4 is 33.2 Å². The number of hydrogen-bond acceptors (Lipinski definition) is 4. The average molecular weight is 397 g/mol. The maximum atomic E-state index is 12.0. The van der Waals surface area contributed by atoms with Crippen molar-refractivity contribution in [2.45, 2.75) is 6.92 Å². The molecule has 0 saturated carbocycles. The van der Waals surface area contributed by atoms with E-state index in [0.29, 0.717) is 16.5 Å². The Bertz CT molecular complexity index is 836. The van der Waals surface area contributed by atoms with Crippen LogP contribution in [0.5, 0.6) is 5.75 Å². The lowest BCUT2D eigenvalue weighted by molar-refractivity contribution is -0.123. The summed E-state index contributed by atoms with van der Waals surface area (Å²) in [6, 6.07) is 13.8. The first kappa shape index (κ1) is 20.1. The summed E-state index contributed by atoms with van der Waals surface area (Å²) in [4.78, 5) is 11.9. The van der Waals surface area contributed by atoms with Crippen molar-refractivity contribution in [2.24, 2.45) is 0 Å². The fourth-order valence-electron chi connectivity index (χ4n) is 2.23. The predicted octanol–water partition coefficient (Wildman–Crippen LogP) is 2.61. The minimum absolute atomic E-state index is 0.108.